The third kappa shape index (κ3) is 3.95. The van der Waals surface area contributed by atoms with Gasteiger partial charge in [-0.3, -0.25) is 4.79 Å². The molecule has 24 heavy (non-hydrogen) atoms. The van der Waals surface area contributed by atoms with Crippen LogP contribution in [0.3, 0.4) is 0 Å². The van der Waals surface area contributed by atoms with Crippen LogP contribution in [0.5, 0.6) is 0 Å². The molecular weight excluding hydrogens is 329 g/mol. The molecule has 1 saturated heterocycles. The van der Waals surface area contributed by atoms with Crippen LogP contribution in [-0.4, -0.2) is 39.3 Å². The number of piperidine rings is 1. The maximum atomic E-state index is 13.0. The van der Waals surface area contributed by atoms with Crippen molar-refractivity contribution in [3.8, 4) is 11.5 Å². The van der Waals surface area contributed by atoms with Crippen molar-refractivity contribution in [1.29, 1.82) is 0 Å². The lowest BCUT2D eigenvalue weighted by atomic mass is 9.99. The summed E-state index contributed by atoms with van der Waals surface area (Å²) in [5, 5.41) is 8.01. The number of amides is 1. The van der Waals surface area contributed by atoms with Crippen LogP contribution in [0, 0.1) is 11.7 Å². The first kappa shape index (κ1) is 17.0. The molecule has 0 N–H and O–H groups in total. The Balaban J connectivity index is 1.61. The molecule has 1 aliphatic rings. The maximum Gasteiger partial charge on any atom is 0.277 e. The third-order valence-electron chi connectivity index (χ3n) is 4.22. The van der Waals surface area contributed by atoms with Gasteiger partial charge in [0.1, 0.15) is 5.82 Å². The zero-order valence-electron chi connectivity index (χ0n) is 13.7. The number of thioether (sulfide) groups is 1. The molecule has 0 saturated carbocycles. The van der Waals surface area contributed by atoms with Crippen LogP contribution in [-0.2, 0) is 4.79 Å². The largest absolute Gasteiger partial charge is 0.411 e. The normalized spacial score (nSPS) is 17.0. The Morgan fingerprint density at radius 3 is 2.62 bits per heavy atom. The van der Waals surface area contributed by atoms with E-state index in [0.717, 1.165) is 25.9 Å². The Morgan fingerprint density at radius 1 is 1.29 bits per heavy atom. The van der Waals surface area contributed by atoms with Crippen molar-refractivity contribution in [3.05, 3.63) is 30.1 Å². The van der Waals surface area contributed by atoms with E-state index in [1.807, 2.05) is 11.8 Å². The smallest absolute Gasteiger partial charge is 0.277 e. The van der Waals surface area contributed by atoms with E-state index in [2.05, 4.69) is 17.1 Å². The molecule has 1 atom stereocenters. The summed E-state index contributed by atoms with van der Waals surface area (Å²) in [4.78, 5) is 14.4. The van der Waals surface area contributed by atoms with E-state index < -0.39 is 0 Å². The molecule has 0 spiro atoms. The van der Waals surface area contributed by atoms with E-state index in [4.69, 9.17) is 4.42 Å². The minimum Gasteiger partial charge on any atom is -0.411 e. The van der Waals surface area contributed by atoms with Crippen molar-refractivity contribution >= 4 is 17.7 Å². The Bertz CT molecular complexity index is 696. The van der Waals surface area contributed by atoms with E-state index >= 15 is 0 Å². The average Bonchev–Trinajstić information content (AvgIpc) is 3.04. The number of hydrogen-bond donors (Lipinski definition) is 0. The molecule has 0 radical (unpaired) electrons. The molecule has 0 bridgehead atoms. The van der Waals surface area contributed by atoms with E-state index in [1.54, 1.807) is 12.1 Å². The number of halogens is 1. The lowest BCUT2D eigenvalue weighted by Crippen LogP contribution is -2.41. The molecule has 2 heterocycles. The minimum absolute atomic E-state index is 0.105. The highest BCUT2D eigenvalue weighted by molar-refractivity contribution is 8.00. The number of benzene rings is 1. The zero-order valence-corrected chi connectivity index (χ0v) is 14.6. The van der Waals surface area contributed by atoms with Crippen molar-refractivity contribution in [1.82, 2.24) is 15.1 Å². The van der Waals surface area contributed by atoms with Crippen LogP contribution in [0.2, 0.25) is 0 Å². The van der Waals surface area contributed by atoms with Crippen molar-refractivity contribution in [3.63, 3.8) is 0 Å². The van der Waals surface area contributed by atoms with Gasteiger partial charge < -0.3 is 9.32 Å². The fraction of sp³-hybridized carbons (Fsp3) is 0.471. The Hall–Kier alpha value is -1.89. The summed E-state index contributed by atoms with van der Waals surface area (Å²) in [6, 6.07) is 5.85. The van der Waals surface area contributed by atoms with Crippen molar-refractivity contribution < 1.29 is 13.6 Å². The molecule has 1 unspecified atom stereocenters. The van der Waals surface area contributed by atoms with Gasteiger partial charge in [-0.05, 0) is 49.9 Å². The van der Waals surface area contributed by atoms with Crippen molar-refractivity contribution in [2.24, 2.45) is 5.92 Å². The number of likely N-dealkylation sites (tertiary alicyclic amines) is 1. The van der Waals surface area contributed by atoms with E-state index in [-0.39, 0.29) is 17.0 Å². The summed E-state index contributed by atoms with van der Waals surface area (Å²) in [5.41, 5.74) is 0.653. The third-order valence-corrected chi connectivity index (χ3v) is 5.14. The summed E-state index contributed by atoms with van der Waals surface area (Å²) < 4.78 is 18.5. The summed E-state index contributed by atoms with van der Waals surface area (Å²) in [6.07, 6.45) is 2.11. The molecule has 1 amide bonds. The van der Waals surface area contributed by atoms with Gasteiger partial charge in [0, 0.05) is 18.7 Å². The van der Waals surface area contributed by atoms with Gasteiger partial charge in [-0.15, -0.1) is 10.2 Å². The van der Waals surface area contributed by atoms with Crippen molar-refractivity contribution in [2.45, 2.75) is 37.2 Å². The molecule has 1 aromatic carbocycles. The summed E-state index contributed by atoms with van der Waals surface area (Å²) in [7, 11) is 0. The number of rotatable bonds is 4. The minimum atomic E-state index is -0.317. The number of carbonyl (C=O) groups excluding carboxylic acids is 1. The zero-order chi connectivity index (χ0) is 17.1. The highest BCUT2D eigenvalue weighted by Crippen LogP contribution is 2.28. The van der Waals surface area contributed by atoms with Gasteiger partial charge in [0.05, 0.1) is 5.25 Å². The molecule has 0 aliphatic carbocycles. The van der Waals surface area contributed by atoms with Crippen LogP contribution in [0.25, 0.3) is 11.5 Å². The van der Waals surface area contributed by atoms with Crippen LogP contribution >= 0.6 is 11.8 Å². The fourth-order valence-corrected chi connectivity index (χ4v) is 3.42. The van der Waals surface area contributed by atoms with Gasteiger partial charge in [0.2, 0.25) is 11.8 Å². The molecule has 1 fully saturated rings. The molecule has 5 nitrogen and oxygen atoms in total. The first-order chi connectivity index (χ1) is 11.5. The number of nitrogens with zero attached hydrogens (tertiary/aromatic N) is 3. The standard InChI is InChI=1S/C17H20FN3O2S/c1-11-7-9-21(10-8-11)16(22)12(2)24-17-20-19-15(23-17)13-3-5-14(18)6-4-13/h3-6,11-12H,7-10H2,1-2H3. The Morgan fingerprint density at radius 2 is 1.96 bits per heavy atom. The van der Waals surface area contributed by atoms with Gasteiger partial charge in [-0.25, -0.2) is 4.39 Å². The monoisotopic (exact) mass is 349 g/mol. The second-order valence-corrected chi connectivity index (χ2v) is 7.44. The maximum absolute atomic E-state index is 13.0. The quantitative estimate of drug-likeness (QED) is 0.789. The second kappa shape index (κ2) is 7.34. The highest BCUT2D eigenvalue weighted by Gasteiger charge is 2.26. The molecule has 1 aliphatic heterocycles. The Labute approximate surface area is 144 Å². The lowest BCUT2D eigenvalue weighted by Gasteiger charge is -2.31. The topological polar surface area (TPSA) is 59.2 Å². The van der Waals surface area contributed by atoms with Crippen molar-refractivity contribution in [2.75, 3.05) is 13.1 Å². The van der Waals surface area contributed by atoms with Crippen LogP contribution < -0.4 is 0 Å². The molecule has 2 aromatic rings. The predicted molar refractivity (Wildman–Crippen MR) is 90.0 cm³/mol. The SMILES string of the molecule is CC1CCN(C(=O)C(C)Sc2nnc(-c3ccc(F)cc3)o2)CC1. The van der Waals surface area contributed by atoms with Gasteiger partial charge in [-0.2, -0.15) is 0 Å². The first-order valence-electron chi connectivity index (χ1n) is 8.08. The van der Waals surface area contributed by atoms with E-state index in [0.29, 0.717) is 22.6 Å². The predicted octanol–water partition coefficient (Wildman–Crippen LogP) is 3.61. The molecule has 7 heteroatoms. The summed E-state index contributed by atoms with van der Waals surface area (Å²) in [5.74, 6) is 0.798. The number of carbonyl (C=O) groups is 1. The summed E-state index contributed by atoms with van der Waals surface area (Å²) in [6.45, 7) is 5.70. The van der Waals surface area contributed by atoms with Gasteiger partial charge in [0.25, 0.3) is 5.22 Å². The van der Waals surface area contributed by atoms with Gasteiger partial charge in [-0.1, -0.05) is 18.7 Å². The first-order valence-corrected chi connectivity index (χ1v) is 8.96. The van der Waals surface area contributed by atoms with Crippen LogP contribution in [0.15, 0.2) is 33.9 Å². The fourth-order valence-electron chi connectivity index (χ4n) is 2.65. The molecule has 1 aromatic heterocycles. The Kier molecular flexibility index (Phi) is 5.18. The number of aromatic nitrogens is 2. The lowest BCUT2D eigenvalue weighted by molar-refractivity contribution is -0.131. The van der Waals surface area contributed by atoms with Crippen LogP contribution in [0.1, 0.15) is 26.7 Å². The highest BCUT2D eigenvalue weighted by atomic mass is 32.2. The van der Waals surface area contributed by atoms with Gasteiger partial charge in [0.15, 0.2) is 0 Å². The molecular formula is C17H20FN3O2S. The molecule has 3 rings (SSSR count). The number of hydrogen-bond acceptors (Lipinski definition) is 5. The second-order valence-electron chi connectivity index (χ2n) is 6.15. The average molecular weight is 349 g/mol. The van der Waals surface area contributed by atoms with Crippen LogP contribution in [0.4, 0.5) is 4.39 Å². The summed E-state index contributed by atoms with van der Waals surface area (Å²) >= 11 is 1.26. The molecule has 128 valence electrons. The van der Waals surface area contributed by atoms with E-state index in [9.17, 15) is 9.18 Å². The van der Waals surface area contributed by atoms with E-state index in [1.165, 1.54) is 23.9 Å². The van der Waals surface area contributed by atoms with Gasteiger partial charge >= 0.3 is 0 Å².